The average molecular weight is 391 g/mol. The molecule has 6 heteroatoms. The van der Waals surface area contributed by atoms with Gasteiger partial charge in [0.1, 0.15) is 11.4 Å². The molecule has 0 bridgehead atoms. The van der Waals surface area contributed by atoms with Crippen LogP contribution in [0.5, 0.6) is 0 Å². The molecule has 0 aromatic heterocycles. The first-order chi connectivity index (χ1) is 12.4. The van der Waals surface area contributed by atoms with E-state index >= 15 is 0 Å². The van der Waals surface area contributed by atoms with Crippen LogP contribution in [0.4, 0.5) is 10.1 Å². The van der Waals surface area contributed by atoms with E-state index < -0.39 is 5.54 Å². The maximum absolute atomic E-state index is 13.1. The fourth-order valence-corrected chi connectivity index (χ4v) is 4.11. The number of rotatable bonds is 3. The average Bonchev–Trinajstić information content (AvgIpc) is 2.64. The Hall–Kier alpha value is -1.98. The van der Waals surface area contributed by atoms with Crippen molar-refractivity contribution >= 4 is 40.4 Å². The van der Waals surface area contributed by atoms with Crippen LogP contribution in [0.25, 0.3) is 0 Å². The van der Waals surface area contributed by atoms with Gasteiger partial charge in [-0.15, -0.1) is 0 Å². The molecule has 0 unspecified atom stereocenters. The predicted molar refractivity (Wildman–Crippen MR) is 107 cm³/mol. The minimum Gasteiger partial charge on any atom is -0.335 e. The minimum atomic E-state index is -0.888. The van der Waals surface area contributed by atoms with E-state index in [1.165, 1.54) is 12.1 Å². The smallest absolute Gasteiger partial charge is 0.174 e. The van der Waals surface area contributed by atoms with E-state index in [0.717, 1.165) is 18.4 Å². The van der Waals surface area contributed by atoms with Gasteiger partial charge in [0.15, 0.2) is 10.9 Å². The highest BCUT2D eigenvalue weighted by atomic mass is 35.5. The second kappa shape index (κ2) is 7.72. The number of thiocarbonyl (C=S) groups is 1. The number of carbonyl (C=O) groups excluding carboxylic acids is 1. The first-order valence-electron chi connectivity index (χ1n) is 8.54. The molecule has 136 valence electrons. The van der Waals surface area contributed by atoms with Crippen LogP contribution in [0.3, 0.4) is 0 Å². The van der Waals surface area contributed by atoms with Gasteiger partial charge in [-0.3, -0.25) is 4.79 Å². The first-order valence-corrected chi connectivity index (χ1v) is 9.32. The summed E-state index contributed by atoms with van der Waals surface area (Å²) < 4.78 is 13.1. The van der Waals surface area contributed by atoms with Crippen molar-refractivity contribution in [1.29, 1.82) is 0 Å². The summed E-state index contributed by atoms with van der Waals surface area (Å²) in [5, 5.41) is 4.05. The second-order valence-corrected chi connectivity index (χ2v) is 7.26. The molecule has 1 N–H and O–H groups in total. The fraction of sp³-hybridized carbons (Fsp3) is 0.300. The quantitative estimate of drug-likeness (QED) is 0.735. The van der Waals surface area contributed by atoms with Crippen LogP contribution in [-0.4, -0.2) is 22.8 Å². The van der Waals surface area contributed by atoms with Crippen LogP contribution in [0.2, 0.25) is 5.02 Å². The Morgan fingerprint density at radius 2 is 1.88 bits per heavy atom. The molecule has 0 amide bonds. The molecule has 26 heavy (non-hydrogen) atoms. The standard InChI is InChI=1S/C20H20ClFN2OS/c1-24(19(26)23-15-11-9-14(22)10-12-15)20(13-5-4-8-18(20)25)16-6-2-3-7-17(16)21/h2-3,6-7,9-12H,4-5,8,13H2,1H3,(H,23,26)/t20-/m1/s1. The molecule has 3 rings (SSSR count). The number of anilines is 1. The Kier molecular flexibility index (Phi) is 5.58. The van der Waals surface area contributed by atoms with E-state index in [1.807, 2.05) is 25.2 Å². The van der Waals surface area contributed by atoms with Gasteiger partial charge in [-0.2, -0.15) is 0 Å². The zero-order valence-corrected chi connectivity index (χ0v) is 16.0. The van der Waals surface area contributed by atoms with Gasteiger partial charge in [-0.25, -0.2) is 4.39 Å². The molecular formula is C20H20ClFN2OS. The molecule has 0 aliphatic heterocycles. The molecule has 0 radical (unpaired) electrons. The van der Waals surface area contributed by atoms with E-state index in [2.05, 4.69) is 5.32 Å². The lowest BCUT2D eigenvalue weighted by Crippen LogP contribution is -2.55. The first kappa shape index (κ1) is 18.8. The molecule has 2 aromatic rings. The normalized spacial score (nSPS) is 19.9. The van der Waals surface area contributed by atoms with Crippen molar-refractivity contribution in [3.63, 3.8) is 0 Å². The van der Waals surface area contributed by atoms with Crippen LogP contribution in [0.15, 0.2) is 48.5 Å². The predicted octanol–water partition coefficient (Wildman–Crippen LogP) is 5.15. The number of hydrogen-bond donors (Lipinski definition) is 1. The lowest BCUT2D eigenvalue weighted by molar-refractivity contribution is -0.131. The molecule has 0 heterocycles. The number of nitrogens with one attached hydrogen (secondary N) is 1. The number of nitrogens with zero attached hydrogens (tertiary/aromatic N) is 1. The Bertz CT molecular complexity index is 827. The van der Waals surface area contributed by atoms with Crippen molar-refractivity contribution in [2.45, 2.75) is 31.2 Å². The van der Waals surface area contributed by atoms with Gasteiger partial charge >= 0.3 is 0 Å². The zero-order valence-electron chi connectivity index (χ0n) is 14.5. The summed E-state index contributed by atoms with van der Waals surface area (Å²) in [7, 11) is 1.81. The van der Waals surface area contributed by atoms with Gasteiger partial charge in [0.25, 0.3) is 0 Å². The molecule has 0 spiro atoms. The van der Waals surface area contributed by atoms with Crippen LogP contribution in [0.1, 0.15) is 31.2 Å². The minimum absolute atomic E-state index is 0.114. The van der Waals surface area contributed by atoms with Crippen molar-refractivity contribution in [2.24, 2.45) is 0 Å². The highest BCUT2D eigenvalue weighted by molar-refractivity contribution is 7.80. The Morgan fingerprint density at radius 1 is 1.19 bits per heavy atom. The number of benzene rings is 2. The third-order valence-electron chi connectivity index (χ3n) is 4.95. The van der Waals surface area contributed by atoms with E-state index in [4.69, 9.17) is 23.8 Å². The van der Waals surface area contributed by atoms with Crippen LogP contribution in [0, 0.1) is 5.82 Å². The molecule has 1 aliphatic rings. The third-order valence-corrected chi connectivity index (χ3v) is 5.65. The SMILES string of the molecule is CN(C(=S)Nc1ccc(F)cc1)[C@@]1(c2ccccc2Cl)CCCCC1=O. The van der Waals surface area contributed by atoms with Gasteiger partial charge in [0, 0.05) is 29.7 Å². The van der Waals surface area contributed by atoms with Crippen molar-refractivity contribution in [3.8, 4) is 0 Å². The van der Waals surface area contributed by atoms with Gasteiger partial charge < -0.3 is 10.2 Å². The number of ketones is 1. The van der Waals surface area contributed by atoms with E-state index in [1.54, 1.807) is 23.1 Å². The molecule has 2 aromatic carbocycles. The number of hydrogen-bond acceptors (Lipinski definition) is 2. The number of carbonyl (C=O) groups is 1. The second-order valence-electron chi connectivity index (χ2n) is 6.47. The Labute approximate surface area is 163 Å². The van der Waals surface area contributed by atoms with E-state index in [9.17, 15) is 9.18 Å². The van der Waals surface area contributed by atoms with Crippen LogP contribution < -0.4 is 5.32 Å². The van der Waals surface area contributed by atoms with Gasteiger partial charge in [0.05, 0.1) is 0 Å². The Morgan fingerprint density at radius 3 is 2.54 bits per heavy atom. The summed E-state index contributed by atoms with van der Waals surface area (Å²) in [6, 6.07) is 13.4. The van der Waals surface area contributed by atoms with E-state index in [0.29, 0.717) is 28.7 Å². The van der Waals surface area contributed by atoms with E-state index in [-0.39, 0.29) is 11.6 Å². The summed E-state index contributed by atoms with van der Waals surface area (Å²) in [4.78, 5) is 14.9. The van der Waals surface area contributed by atoms with Gasteiger partial charge in [-0.05, 0) is 61.8 Å². The summed E-state index contributed by atoms with van der Waals surface area (Å²) in [5.41, 5.74) is 0.554. The lowest BCUT2D eigenvalue weighted by Gasteiger charge is -2.45. The highest BCUT2D eigenvalue weighted by Gasteiger charge is 2.47. The molecule has 0 saturated heterocycles. The maximum atomic E-state index is 13.1. The fourth-order valence-electron chi connectivity index (χ4n) is 3.54. The van der Waals surface area contributed by atoms with Crippen molar-refractivity contribution in [2.75, 3.05) is 12.4 Å². The van der Waals surface area contributed by atoms with Gasteiger partial charge in [-0.1, -0.05) is 29.8 Å². The molecule has 1 saturated carbocycles. The van der Waals surface area contributed by atoms with Crippen LogP contribution in [-0.2, 0) is 10.3 Å². The summed E-state index contributed by atoms with van der Waals surface area (Å²) in [6.45, 7) is 0. The topological polar surface area (TPSA) is 32.3 Å². The summed E-state index contributed by atoms with van der Waals surface area (Å²) in [5.74, 6) is -0.201. The number of Topliss-reactive ketones (excluding diaryl/α,β-unsaturated/α-hetero) is 1. The molecular weight excluding hydrogens is 371 g/mol. The monoisotopic (exact) mass is 390 g/mol. The maximum Gasteiger partial charge on any atom is 0.174 e. The summed E-state index contributed by atoms with van der Waals surface area (Å²) in [6.07, 6.45) is 2.93. The van der Waals surface area contributed by atoms with Gasteiger partial charge in [0.2, 0.25) is 0 Å². The lowest BCUT2D eigenvalue weighted by atomic mass is 9.74. The van der Waals surface area contributed by atoms with Crippen molar-refractivity contribution in [3.05, 3.63) is 64.9 Å². The molecule has 1 atom stereocenters. The number of likely N-dealkylation sites (N-methyl/N-ethyl adjacent to an activating group) is 1. The molecule has 1 aliphatic carbocycles. The van der Waals surface area contributed by atoms with Crippen molar-refractivity contribution < 1.29 is 9.18 Å². The number of halogens is 2. The summed E-state index contributed by atoms with van der Waals surface area (Å²) >= 11 is 12.0. The highest BCUT2D eigenvalue weighted by Crippen LogP contribution is 2.42. The Balaban J connectivity index is 1.96. The largest absolute Gasteiger partial charge is 0.335 e. The molecule has 3 nitrogen and oxygen atoms in total. The third kappa shape index (κ3) is 3.46. The molecule has 1 fully saturated rings. The zero-order chi connectivity index (χ0) is 18.7. The van der Waals surface area contributed by atoms with Crippen LogP contribution >= 0.6 is 23.8 Å². The van der Waals surface area contributed by atoms with Crippen molar-refractivity contribution in [1.82, 2.24) is 4.90 Å².